The molecule has 1 amide bonds. The molecule has 2 atom stereocenters. The second kappa shape index (κ2) is 8.17. The number of carbonyl (C=O) groups is 1. The van der Waals surface area contributed by atoms with Crippen LogP contribution in [0, 0.1) is 0 Å². The molecule has 3 rings (SSSR count). The molecule has 7 heteroatoms. The molecular formula is C13H21Cl2N3OS. The van der Waals surface area contributed by atoms with Gasteiger partial charge in [-0.25, -0.2) is 4.98 Å². The third-order valence-electron chi connectivity index (χ3n) is 3.89. The molecule has 0 aliphatic carbocycles. The van der Waals surface area contributed by atoms with Crippen molar-refractivity contribution in [2.45, 2.75) is 37.6 Å². The number of amides is 1. The molecule has 114 valence electrons. The van der Waals surface area contributed by atoms with Gasteiger partial charge in [0.1, 0.15) is 0 Å². The Balaban J connectivity index is 0.000001000. The maximum atomic E-state index is 12.4. The zero-order valence-corrected chi connectivity index (χ0v) is 13.7. The molecule has 20 heavy (non-hydrogen) atoms. The van der Waals surface area contributed by atoms with E-state index in [1.54, 1.807) is 11.3 Å². The largest absolute Gasteiger partial charge is 0.341 e. The SMILES string of the molecule is Cl.Cl.O=C(C1CCCN1)N1CCCC(c2nccs2)C1. The van der Waals surface area contributed by atoms with E-state index in [1.165, 1.54) is 5.01 Å². The predicted octanol–water partition coefficient (Wildman–Crippen LogP) is 2.44. The summed E-state index contributed by atoms with van der Waals surface area (Å²) < 4.78 is 0. The summed E-state index contributed by atoms with van der Waals surface area (Å²) in [5, 5.41) is 6.51. The monoisotopic (exact) mass is 337 g/mol. The van der Waals surface area contributed by atoms with Gasteiger partial charge in [0.15, 0.2) is 0 Å². The van der Waals surface area contributed by atoms with Crippen molar-refractivity contribution in [3.63, 3.8) is 0 Å². The Bertz CT molecular complexity index is 410. The lowest BCUT2D eigenvalue weighted by Gasteiger charge is -2.33. The van der Waals surface area contributed by atoms with E-state index < -0.39 is 0 Å². The van der Waals surface area contributed by atoms with Crippen LogP contribution in [0.15, 0.2) is 11.6 Å². The van der Waals surface area contributed by atoms with Crippen molar-refractivity contribution >= 4 is 42.1 Å². The second-order valence-corrected chi connectivity index (χ2v) is 6.07. The van der Waals surface area contributed by atoms with Gasteiger partial charge in [0.05, 0.1) is 11.0 Å². The van der Waals surface area contributed by atoms with Gasteiger partial charge in [-0.05, 0) is 32.2 Å². The number of aromatic nitrogens is 1. The van der Waals surface area contributed by atoms with Crippen molar-refractivity contribution in [2.24, 2.45) is 0 Å². The molecule has 2 aliphatic rings. The van der Waals surface area contributed by atoms with E-state index in [9.17, 15) is 4.79 Å². The van der Waals surface area contributed by atoms with Crippen LogP contribution >= 0.6 is 36.2 Å². The number of hydrogen-bond donors (Lipinski definition) is 1. The van der Waals surface area contributed by atoms with Crippen LogP contribution < -0.4 is 5.32 Å². The Morgan fingerprint density at radius 1 is 1.35 bits per heavy atom. The minimum Gasteiger partial charge on any atom is -0.341 e. The van der Waals surface area contributed by atoms with Gasteiger partial charge >= 0.3 is 0 Å². The molecule has 2 saturated heterocycles. The van der Waals surface area contributed by atoms with E-state index in [0.29, 0.717) is 11.8 Å². The number of thiazole rings is 1. The molecule has 1 aromatic rings. The minimum atomic E-state index is 0. The van der Waals surface area contributed by atoms with E-state index >= 15 is 0 Å². The van der Waals surface area contributed by atoms with Gasteiger partial charge in [-0.15, -0.1) is 36.2 Å². The number of piperidine rings is 1. The third kappa shape index (κ3) is 3.85. The van der Waals surface area contributed by atoms with Crippen LogP contribution in [0.4, 0.5) is 0 Å². The van der Waals surface area contributed by atoms with Gasteiger partial charge in [0.2, 0.25) is 5.91 Å². The van der Waals surface area contributed by atoms with Gasteiger partial charge in [-0.1, -0.05) is 0 Å². The summed E-state index contributed by atoms with van der Waals surface area (Å²) >= 11 is 1.71. The molecule has 3 heterocycles. The molecule has 0 saturated carbocycles. The molecular weight excluding hydrogens is 317 g/mol. The summed E-state index contributed by atoms with van der Waals surface area (Å²) in [6, 6.07) is 0.0695. The molecule has 1 N–H and O–H groups in total. The normalized spacial score (nSPS) is 25.7. The van der Waals surface area contributed by atoms with Gasteiger partial charge < -0.3 is 10.2 Å². The molecule has 0 radical (unpaired) electrons. The van der Waals surface area contributed by atoms with Gasteiger partial charge in [0, 0.05) is 30.6 Å². The fraction of sp³-hybridized carbons (Fsp3) is 0.692. The highest BCUT2D eigenvalue weighted by Crippen LogP contribution is 2.28. The van der Waals surface area contributed by atoms with Crippen LogP contribution in [0.1, 0.15) is 36.6 Å². The number of halogens is 2. The highest BCUT2D eigenvalue weighted by molar-refractivity contribution is 7.09. The molecule has 2 aliphatic heterocycles. The van der Waals surface area contributed by atoms with Crippen LogP contribution in [0.25, 0.3) is 0 Å². The maximum Gasteiger partial charge on any atom is 0.239 e. The Hall–Kier alpha value is -0.360. The van der Waals surface area contributed by atoms with Crippen molar-refractivity contribution < 1.29 is 4.79 Å². The average molecular weight is 338 g/mol. The first-order chi connectivity index (χ1) is 8.84. The summed E-state index contributed by atoms with van der Waals surface area (Å²) in [4.78, 5) is 18.8. The topological polar surface area (TPSA) is 45.2 Å². The van der Waals surface area contributed by atoms with E-state index in [2.05, 4.69) is 10.3 Å². The Kier molecular flexibility index (Phi) is 7.23. The van der Waals surface area contributed by atoms with Crippen molar-refractivity contribution in [3.8, 4) is 0 Å². The average Bonchev–Trinajstić information content (AvgIpc) is 3.11. The van der Waals surface area contributed by atoms with Crippen LogP contribution in [0.3, 0.4) is 0 Å². The number of hydrogen-bond acceptors (Lipinski definition) is 4. The standard InChI is InChI=1S/C13H19N3OS.2ClH/c17-13(11-4-1-5-14-11)16-7-2-3-10(9-16)12-15-6-8-18-12;;/h6,8,10-11,14H,1-5,7,9H2;2*1H. The lowest BCUT2D eigenvalue weighted by atomic mass is 9.98. The summed E-state index contributed by atoms with van der Waals surface area (Å²) in [5.41, 5.74) is 0. The number of rotatable bonds is 2. The van der Waals surface area contributed by atoms with Gasteiger partial charge in [-0.2, -0.15) is 0 Å². The first-order valence-corrected chi connectivity index (χ1v) is 7.64. The summed E-state index contributed by atoms with van der Waals surface area (Å²) in [7, 11) is 0. The molecule has 0 spiro atoms. The Morgan fingerprint density at radius 3 is 2.85 bits per heavy atom. The first kappa shape index (κ1) is 17.7. The highest BCUT2D eigenvalue weighted by atomic mass is 35.5. The van der Waals surface area contributed by atoms with Crippen molar-refractivity contribution in [1.82, 2.24) is 15.2 Å². The summed E-state index contributed by atoms with van der Waals surface area (Å²) in [5.74, 6) is 0.748. The summed E-state index contributed by atoms with van der Waals surface area (Å²) in [6.07, 6.45) is 6.24. The molecule has 4 nitrogen and oxygen atoms in total. The Labute approximate surface area is 136 Å². The van der Waals surface area contributed by atoms with Crippen LogP contribution in [-0.4, -0.2) is 41.5 Å². The fourth-order valence-electron chi connectivity index (χ4n) is 2.93. The third-order valence-corrected chi connectivity index (χ3v) is 4.83. The number of nitrogens with zero attached hydrogens (tertiary/aromatic N) is 2. The number of carbonyl (C=O) groups excluding carboxylic acids is 1. The number of nitrogens with one attached hydrogen (secondary N) is 1. The predicted molar refractivity (Wildman–Crippen MR) is 86.2 cm³/mol. The zero-order valence-electron chi connectivity index (χ0n) is 11.3. The van der Waals surface area contributed by atoms with Crippen LogP contribution in [0.2, 0.25) is 0 Å². The lowest BCUT2D eigenvalue weighted by Crippen LogP contribution is -2.47. The van der Waals surface area contributed by atoms with Crippen LogP contribution in [0.5, 0.6) is 0 Å². The zero-order chi connectivity index (χ0) is 12.4. The quantitative estimate of drug-likeness (QED) is 0.901. The van der Waals surface area contributed by atoms with Crippen LogP contribution in [-0.2, 0) is 4.79 Å². The van der Waals surface area contributed by atoms with E-state index in [-0.39, 0.29) is 30.9 Å². The second-order valence-electron chi connectivity index (χ2n) is 5.14. The van der Waals surface area contributed by atoms with Crippen molar-refractivity contribution in [2.75, 3.05) is 19.6 Å². The lowest BCUT2D eigenvalue weighted by molar-refractivity contribution is -0.134. The van der Waals surface area contributed by atoms with E-state index in [4.69, 9.17) is 0 Å². The smallest absolute Gasteiger partial charge is 0.239 e. The molecule has 1 aromatic heterocycles. The number of likely N-dealkylation sites (tertiary alicyclic amines) is 1. The fourth-order valence-corrected chi connectivity index (χ4v) is 3.70. The van der Waals surface area contributed by atoms with E-state index in [1.807, 2.05) is 16.5 Å². The van der Waals surface area contributed by atoms with E-state index in [0.717, 1.165) is 45.3 Å². The molecule has 0 aromatic carbocycles. The summed E-state index contributed by atoms with van der Waals surface area (Å²) in [6.45, 7) is 2.75. The van der Waals surface area contributed by atoms with Crippen molar-refractivity contribution in [1.29, 1.82) is 0 Å². The molecule has 0 bridgehead atoms. The molecule has 2 fully saturated rings. The Morgan fingerprint density at radius 2 is 2.20 bits per heavy atom. The molecule has 2 unspecified atom stereocenters. The first-order valence-electron chi connectivity index (χ1n) is 6.76. The minimum absolute atomic E-state index is 0. The van der Waals surface area contributed by atoms with Crippen molar-refractivity contribution in [3.05, 3.63) is 16.6 Å². The highest BCUT2D eigenvalue weighted by Gasteiger charge is 2.31. The maximum absolute atomic E-state index is 12.4. The van der Waals surface area contributed by atoms with Gasteiger partial charge in [0.25, 0.3) is 0 Å². The van der Waals surface area contributed by atoms with Gasteiger partial charge in [-0.3, -0.25) is 4.79 Å².